The summed E-state index contributed by atoms with van der Waals surface area (Å²) >= 11 is 5.83. The molecule has 5 atom stereocenters. The second-order valence-corrected chi connectivity index (χ2v) is 7.63. The van der Waals surface area contributed by atoms with Crippen LogP contribution in [-0.2, 0) is 9.53 Å². The third-order valence-corrected chi connectivity index (χ3v) is 5.26. The predicted molar refractivity (Wildman–Crippen MR) is 115 cm³/mol. The number of aliphatic hydroxyl groups excluding tert-OH is 3. The molecule has 1 aliphatic carbocycles. The molecule has 1 fully saturated rings. The van der Waals surface area contributed by atoms with E-state index in [2.05, 4.69) is 4.74 Å². The molecule has 0 radical (unpaired) electrons. The van der Waals surface area contributed by atoms with Crippen molar-refractivity contribution < 1.29 is 29.6 Å². The summed E-state index contributed by atoms with van der Waals surface area (Å²) in [6.07, 6.45) is 9.54. The molecule has 0 saturated heterocycles. The molecule has 3 N–H and O–H groups in total. The first kappa shape index (κ1) is 24.2. The van der Waals surface area contributed by atoms with E-state index < -0.39 is 24.3 Å². The number of halogens is 1. The lowest BCUT2D eigenvalue weighted by Crippen LogP contribution is -2.21. The van der Waals surface area contributed by atoms with Crippen LogP contribution in [-0.4, -0.2) is 53.3 Å². The molecule has 6 nitrogen and oxygen atoms in total. The lowest BCUT2D eigenvalue weighted by molar-refractivity contribution is -0.134. The highest BCUT2D eigenvalue weighted by Gasteiger charge is 2.39. The van der Waals surface area contributed by atoms with Crippen molar-refractivity contribution in [2.75, 3.05) is 13.7 Å². The van der Waals surface area contributed by atoms with E-state index in [0.29, 0.717) is 30.0 Å². The van der Waals surface area contributed by atoms with Gasteiger partial charge in [-0.15, -0.1) is 0 Å². The second-order valence-electron chi connectivity index (χ2n) is 7.20. The molecule has 0 aromatic heterocycles. The number of esters is 1. The molecule has 2 rings (SSSR count). The molecule has 0 bridgehead atoms. The Hall–Kier alpha value is -2.12. The summed E-state index contributed by atoms with van der Waals surface area (Å²) in [7, 11) is 1.32. The average molecular weight is 437 g/mol. The molecule has 1 aromatic rings. The fraction of sp³-hybridized carbons (Fsp3) is 0.435. The number of rotatable bonds is 10. The van der Waals surface area contributed by atoms with Crippen molar-refractivity contribution in [1.82, 2.24) is 0 Å². The molecule has 7 heteroatoms. The number of allylic oxidation sites excluding steroid dienone is 3. The Bertz CT molecular complexity index is 743. The normalized spacial score (nSPS) is 25.4. The fourth-order valence-corrected chi connectivity index (χ4v) is 3.52. The largest absolute Gasteiger partial charge is 0.491 e. The summed E-state index contributed by atoms with van der Waals surface area (Å²) in [4.78, 5) is 11.0. The van der Waals surface area contributed by atoms with Gasteiger partial charge in [-0.25, -0.2) is 4.79 Å². The van der Waals surface area contributed by atoms with Crippen molar-refractivity contribution in [3.05, 3.63) is 65.7 Å². The standard InChI is InChI=1S/C23H29ClO6/c1-29-23(28)7-5-3-2-4-6-19-20(22(27)14-21(19)26)13-10-17(25)15-30-18-11-8-16(24)9-12-18/h2,4-5,7-13,17,19-22,25-27H,3,6,14-15H2,1H3/b4-2+,7-5+,13-10+/t17?,19-,20-,21+,22-/m1/s1. The first-order chi connectivity index (χ1) is 14.4. The van der Waals surface area contributed by atoms with Crippen molar-refractivity contribution in [2.24, 2.45) is 11.8 Å². The lowest BCUT2D eigenvalue weighted by atomic mass is 9.89. The summed E-state index contributed by atoms with van der Waals surface area (Å²) in [6, 6.07) is 6.86. The van der Waals surface area contributed by atoms with Gasteiger partial charge < -0.3 is 24.8 Å². The van der Waals surface area contributed by atoms with E-state index >= 15 is 0 Å². The van der Waals surface area contributed by atoms with Gasteiger partial charge in [0.15, 0.2) is 0 Å². The summed E-state index contributed by atoms with van der Waals surface area (Å²) in [5, 5.41) is 31.3. The van der Waals surface area contributed by atoms with E-state index in [1.165, 1.54) is 13.2 Å². The zero-order chi connectivity index (χ0) is 21.9. The first-order valence-electron chi connectivity index (χ1n) is 9.91. The molecule has 0 amide bonds. The number of hydrogen-bond donors (Lipinski definition) is 3. The van der Waals surface area contributed by atoms with Crippen LogP contribution in [0, 0.1) is 11.8 Å². The summed E-state index contributed by atoms with van der Waals surface area (Å²) in [5.41, 5.74) is 0. The average Bonchev–Trinajstić information content (AvgIpc) is 3.00. The molecule has 164 valence electrons. The summed E-state index contributed by atoms with van der Waals surface area (Å²) in [5.74, 6) is -0.212. The number of carbonyl (C=O) groups excluding carboxylic acids is 1. The molecule has 0 heterocycles. The van der Waals surface area contributed by atoms with E-state index in [4.69, 9.17) is 16.3 Å². The predicted octanol–water partition coefficient (Wildman–Crippen LogP) is 3.06. The molecule has 0 spiro atoms. The SMILES string of the molecule is COC(=O)/C=C/C/C=C/C[C@@H]1[C@@H](/C=C/C(O)COc2ccc(Cl)cc2)[C@H](O)C[C@@H]1O. The number of carbonyl (C=O) groups is 1. The van der Waals surface area contributed by atoms with Gasteiger partial charge in [-0.05, 0) is 43.0 Å². The lowest BCUT2D eigenvalue weighted by Gasteiger charge is -2.19. The Kier molecular flexibility index (Phi) is 10.1. The minimum atomic E-state index is -0.842. The van der Waals surface area contributed by atoms with Gasteiger partial charge >= 0.3 is 5.97 Å². The monoisotopic (exact) mass is 436 g/mol. The molecular weight excluding hydrogens is 408 g/mol. The van der Waals surface area contributed by atoms with Gasteiger partial charge in [0.25, 0.3) is 0 Å². The topological polar surface area (TPSA) is 96.2 Å². The van der Waals surface area contributed by atoms with Crippen molar-refractivity contribution in [2.45, 2.75) is 37.6 Å². The number of methoxy groups -OCH3 is 1. The highest BCUT2D eigenvalue weighted by atomic mass is 35.5. The molecular formula is C23H29ClO6. The van der Waals surface area contributed by atoms with E-state index in [1.807, 2.05) is 12.2 Å². The van der Waals surface area contributed by atoms with Gasteiger partial charge in [0, 0.05) is 23.4 Å². The number of aliphatic hydroxyl groups is 3. The Balaban J connectivity index is 1.84. The summed E-state index contributed by atoms with van der Waals surface area (Å²) < 4.78 is 10.0. The molecule has 30 heavy (non-hydrogen) atoms. The smallest absolute Gasteiger partial charge is 0.330 e. The van der Waals surface area contributed by atoms with E-state index in [0.717, 1.165) is 0 Å². The van der Waals surface area contributed by atoms with Gasteiger partial charge in [0.1, 0.15) is 18.5 Å². The Morgan fingerprint density at radius 3 is 2.63 bits per heavy atom. The second kappa shape index (κ2) is 12.5. The third kappa shape index (κ3) is 7.95. The Morgan fingerprint density at radius 1 is 1.20 bits per heavy atom. The number of benzene rings is 1. The maximum absolute atomic E-state index is 11.0. The zero-order valence-corrected chi connectivity index (χ0v) is 17.7. The highest BCUT2D eigenvalue weighted by molar-refractivity contribution is 6.30. The van der Waals surface area contributed by atoms with Crippen LogP contribution in [0.25, 0.3) is 0 Å². The molecule has 1 saturated carbocycles. The van der Waals surface area contributed by atoms with Gasteiger partial charge in [0.05, 0.1) is 19.3 Å². The molecule has 1 aliphatic rings. The van der Waals surface area contributed by atoms with Crippen LogP contribution in [0.5, 0.6) is 5.75 Å². The van der Waals surface area contributed by atoms with E-state index in [9.17, 15) is 20.1 Å². The first-order valence-corrected chi connectivity index (χ1v) is 10.3. The van der Waals surface area contributed by atoms with Crippen LogP contribution in [0.3, 0.4) is 0 Å². The van der Waals surface area contributed by atoms with Crippen LogP contribution < -0.4 is 4.74 Å². The summed E-state index contributed by atoms with van der Waals surface area (Å²) in [6.45, 7) is 0.0700. The van der Waals surface area contributed by atoms with Crippen LogP contribution >= 0.6 is 11.6 Å². The van der Waals surface area contributed by atoms with Crippen LogP contribution in [0.15, 0.2) is 60.7 Å². The van der Waals surface area contributed by atoms with Crippen LogP contribution in [0.4, 0.5) is 0 Å². The molecule has 1 unspecified atom stereocenters. The minimum absolute atomic E-state index is 0.0700. The van der Waals surface area contributed by atoms with Crippen molar-refractivity contribution in [3.8, 4) is 5.75 Å². The fourth-order valence-electron chi connectivity index (χ4n) is 3.39. The molecule has 1 aromatic carbocycles. The maximum atomic E-state index is 11.0. The van der Waals surface area contributed by atoms with E-state index in [1.54, 1.807) is 42.5 Å². The van der Waals surface area contributed by atoms with Crippen molar-refractivity contribution in [3.63, 3.8) is 0 Å². The van der Waals surface area contributed by atoms with Crippen molar-refractivity contribution in [1.29, 1.82) is 0 Å². The third-order valence-electron chi connectivity index (χ3n) is 5.01. The van der Waals surface area contributed by atoms with Gasteiger partial charge in [0.2, 0.25) is 0 Å². The van der Waals surface area contributed by atoms with Crippen molar-refractivity contribution >= 4 is 17.6 Å². The minimum Gasteiger partial charge on any atom is -0.491 e. The molecule has 0 aliphatic heterocycles. The zero-order valence-electron chi connectivity index (χ0n) is 16.9. The maximum Gasteiger partial charge on any atom is 0.330 e. The quantitative estimate of drug-likeness (QED) is 0.296. The van der Waals surface area contributed by atoms with E-state index in [-0.39, 0.29) is 18.4 Å². The Labute approximate surface area is 182 Å². The van der Waals surface area contributed by atoms with Crippen LogP contribution in [0.2, 0.25) is 5.02 Å². The highest BCUT2D eigenvalue weighted by Crippen LogP contribution is 2.36. The number of hydrogen-bond acceptors (Lipinski definition) is 6. The Morgan fingerprint density at radius 2 is 1.93 bits per heavy atom. The van der Waals surface area contributed by atoms with Crippen LogP contribution in [0.1, 0.15) is 19.3 Å². The van der Waals surface area contributed by atoms with Gasteiger partial charge in [-0.2, -0.15) is 0 Å². The van der Waals surface area contributed by atoms with Gasteiger partial charge in [-0.1, -0.05) is 42.0 Å². The number of ether oxygens (including phenoxy) is 2. The van der Waals surface area contributed by atoms with Gasteiger partial charge in [-0.3, -0.25) is 0 Å².